The highest BCUT2D eigenvalue weighted by atomic mass is 32.2. The van der Waals surface area contributed by atoms with Gasteiger partial charge in [-0.25, -0.2) is 18.0 Å². The molecule has 2 fully saturated rings. The van der Waals surface area contributed by atoms with E-state index in [2.05, 4.69) is 9.97 Å². The van der Waals surface area contributed by atoms with Crippen molar-refractivity contribution in [1.82, 2.24) is 19.1 Å². The molecule has 0 radical (unpaired) electrons. The quantitative estimate of drug-likeness (QED) is 0.0953. The summed E-state index contributed by atoms with van der Waals surface area (Å²) in [6.45, 7) is 2.33. The number of aromatic nitrogens is 4. The predicted molar refractivity (Wildman–Crippen MR) is 226 cm³/mol. The number of rotatable bonds is 16. The maximum Gasteiger partial charge on any atom is 0.330 e. The van der Waals surface area contributed by atoms with Gasteiger partial charge in [-0.15, -0.1) is 0 Å². The Balaban J connectivity index is 1.25. The monoisotopic (exact) mass is 888 g/mol. The van der Waals surface area contributed by atoms with E-state index in [0.717, 1.165) is 22.1 Å². The molecular formula is C44H48N4O14S. The summed E-state index contributed by atoms with van der Waals surface area (Å²) >= 11 is 0. The minimum absolute atomic E-state index is 0.0400. The number of esters is 1. The Labute approximate surface area is 360 Å². The van der Waals surface area contributed by atoms with Crippen molar-refractivity contribution in [3.63, 3.8) is 0 Å². The topological polar surface area (TPSA) is 237 Å². The molecule has 334 valence electrons. The highest BCUT2D eigenvalue weighted by Gasteiger charge is 2.51. The molecule has 5 aromatic rings. The lowest BCUT2D eigenvalue weighted by Crippen LogP contribution is -2.41. The van der Waals surface area contributed by atoms with Gasteiger partial charge >= 0.3 is 17.3 Å². The standard InChI is InChI=1S/C44H48N4O14S/c1-26-23-48(43(54)46-40(26)52)38-22-34(50)35(61-38)19-21-63(55,56)25-33-36(62-41(39(33)60-27(2)49)47-20-18-37(51)45-42(47)53)24-59-44(28-8-6-5-7-9-28,29-10-14-31(57-3)15-11-29)30-12-16-32(58-4)17-13-30/h5-18,20,23,33-36,38-39,41,50H,19,21-22,24-25H2,1-4H3,(H,45,51,53)(H,46,52,54)/t33-,34+,35-,36-,38-,39-,41-/m1/s1. The molecular weight excluding hydrogens is 841 g/mol. The number of nitrogens with zero attached hydrogens (tertiary/aromatic N) is 2. The molecule has 2 aliphatic rings. The molecule has 7 atom stereocenters. The molecule has 0 spiro atoms. The van der Waals surface area contributed by atoms with Crippen LogP contribution in [0.15, 0.2) is 117 Å². The Kier molecular flexibility index (Phi) is 13.3. The molecule has 2 saturated heterocycles. The number of aromatic amines is 2. The first-order valence-corrected chi connectivity index (χ1v) is 21.9. The summed E-state index contributed by atoms with van der Waals surface area (Å²) < 4.78 is 66.9. The van der Waals surface area contributed by atoms with Crippen LogP contribution in [0.1, 0.15) is 54.5 Å². The van der Waals surface area contributed by atoms with Crippen LogP contribution in [-0.4, -0.2) is 95.3 Å². The summed E-state index contributed by atoms with van der Waals surface area (Å²) in [7, 11) is -1.04. The molecule has 4 heterocycles. The molecule has 0 saturated carbocycles. The Morgan fingerprint density at radius 1 is 0.825 bits per heavy atom. The number of nitrogens with one attached hydrogen (secondary N) is 2. The number of carbonyl (C=O) groups excluding carboxylic acids is 1. The van der Waals surface area contributed by atoms with E-state index in [9.17, 15) is 37.5 Å². The van der Waals surface area contributed by atoms with E-state index >= 15 is 0 Å². The van der Waals surface area contributed by atoms with Crippen LogP contribution >= 0.6 is 0 Å². The average molecular weight is 889 g/mol. The van der Waals surface area contributed by atoms with Crippen molar-refractivity contribution in [2.45, 2.75) is 69.2 Å². The normalized spacial score (nSPS) is 22.5. The highest BCUT2D eigenvalue weighted by molar-refractivity contribution is 7.91. The molecule has 0 unspecified atom stereocenters. The van der Waals surface area contributed by atoms with Crippen LogP contribution in [0.5, 0.6) is 11.5 Å². The van der Waals surface area contributed by atoms with Crippen LogP contribution in [0.3, 0.4) is 0 Å². The van der Waals surface area contributed by atoms with Gasteiger partial charge in [0.05, 0.1) is 50.6 Å². The first-order valence-electron chi connectivity index (χ1n) is 20.1. The minimum atomic E-state index is -4.14. The number of aliphatic hydroxyl groups is 1. The Hall–Kier alpha value is -6.12. The van der Waals surface area contributed by atoms with Crippen LogP contribution in [0.25, 0.3) is 0 Å². The van der Waals surface area contributed by atoms with Gasteiger partial charge in [-0.05, 0) is 54.3 Å². The lowest BCUT2D eigenvalue weighted by Gasteiger charge is -2.37. The SMILES string of the molecule is COc1ccc(C(OC[C@H]2O[C@@H](n3ccc(=O)[nH]c3=O)[C@H](OC(C)=O)[C@@H]2CS(=O)(=O)CC[C@H]2O[C@@H](n3cc(C)c(=O)[nH]c3=O)C[C@@H]2O)(c2ccccc2)c2ccc(OC)cc2)cc1. The van der Waals surface area contributed by atoms with Gasteiger partial charge in [0.1, 0.15) is 23.3 Å². The summed E-state index contributed by atoms with van der Waals surface area (Å²) in [5, 5.41) is 10.9. The van der Waals surface area contributed by atoms with E-state index in [0.29, 0.717) is 28.2 Å². The van der Waals surface area contributed by atoms with Gasteiger partial charge in [-0.1, -0.05) is 54.6 Å². The smallest absolute Gasteiger partial charge is 0.330 e. The van der Waals surface area contributed by atoms with Crippen LogP contribution in [0.4, 0.5) is 0 Å². The Morgan fingerprint density at radius 3 is 2.02 bits per heavy atom. The summed E-state index contributed by atoms with van der Waals surface area (Å²) in [6.07, 6.45) is -4.80. The van der Waals surface area contributed by atoms with Gasteiger partial charge in [-0.3, -0.25) is 33.5 Å². The van der Waals surface area contributed by atoms with Crippen molar-refractivity contribution >= 4 is 15.8 Å². The van der Waals surface area contributed by atoms with Crippen LogP contribution in [-0.2, 0) is 39.2 Å². The zero-order valence-corrected chi connectivity index (χ0v) is 35.7. The van der Waals surface area contributed by atoms with Crippen molar-refractivity contribution < 1.29 is 46.7 Å². The summed E-state index contributed by atoms with van der Waals surface area (Å²) in [6, 6.07) is 24.9. The molecule has 2 aliphatic heterocycles. The fourth-order valence-corrected chi connectivity index (χ4v) is 9.98. The van der Waals surface area contributed by atoms with Gasteiger partial charge in [-0.2, -0.15) is 0 Å². The molecule has 3 aromatic carbocycles. The molecule has 0 aliphatic carbocycles. The third-order valence-corrected chi connectivity index (χ3v) is 13.1. The summed E-state index contributed by atoms with van der Waals surface area (Å²) in [5.74, 6) is -1.91. The van der Waals surface area contributed by atoms with E-state index < -0.39 is 98.2 Å². The summed E-state index contributed by atoms with van der Waals surface area (Å²) in [4.78, 5) is 67.0. The second-order valence-corrected chi connectivity index (χ2v) is 17.7. The number of aliphatic hydroxyl groups excluding tert-OH is 1. The van der Waals surface area contributed by atoms with Gasteiger partial charge in [0.2, 0.25) is 0 Å². The van der Waals surface area contributed by atoms with Crippen molar-refractivity contribution in [3.8, 4) is 11.5 Å². The largest absolute Gasteiger partial charge is 0.497 e. The van der Waals surface area contributed by atoms with Crippen molar-refractivity contribution in [3.05, 3.63) is 161 Å². The van der Waals surface area contributed by atoms with Gasteiger partial charge in [0.25, 0.3) is 11.1 Å². The third kappa shape index (κ3) is 9.62. The maximum absolute atomic E-state index is 14.2. The number of sulfone groups is 1. The minimum Gasteiger partial charge on any atom is -0.497 e. The lowest BCUT2D eigenvalue weighted by molar-refractivity contribution is -0.154. The van der Waals surface area contributed by atoms with Gasteiger partial charge < -0.3 is 33.5 Å². The maximum atomic E-state index is 14.2. The van der Waals surface area contributed by atoms with E-state index in [-0.39, 0.29) is 25.0 Å². The van der Waals surface area contributed by atoms with E-state index in [4.69, 9.17) is 28.4 Å². The number of H-pyrrole nitrogens is 2. The first-order chi connectivity index (χ1) is 30.1. The number of aryl methyl sites for hydroxylation is 1. The van der Waals surface area contributed by atoms with Crippen LogP contribution < -0.4 is 32.0 Å². The molecule has 3 N–H and O–H groups in total. The molecule has 18 nitrogen and oxygen atoms in total. The second-order valence-electron chi connectivity index (χ2n) is 15.4. The molecule has 7 rings (SSSR count). The van der Waals surface area contributed by atoms with Crippen molar-refractivity contribution in [2.75, 3.05) is 32.3 Å². The van der Waals surface area contributed by atoms with Crippen LogP contribution in [0, 0.1) is 12.8 Å². The molecule has 0 bridgehead atoms. The molecule has 63 heavy (non-hydrogen) atoms. The van der Waals surface area contributed by atoms with Crippen molar-refractivity contribution in [1.29, 1.82) is 0 Å². The molecule has 0 amide bonds. The average Bonchev–Trinajstić information content (AvgIpc) is 3.80. The van der Waals surface area contributed by atoms with Crippen LogP contribution in [0.2, 0.25) is 0 Å². The fraction of sp³-hybridized carbons (Fsp3) is 0.386. The third-order valence-electron chi connectivity index (χ3n) is 11.4. The number of hydrogen-bond acceptors (Lipinski definition) is 14. The van der Waals surface area contributed by atoms with E-state index in [1.54, 1.807) is 38.5 Å². The van der Waals surface area contributed by atoms with Gasteiger partial charge in [0, 0.05) is 43.3 Å². The highest BCUT2D eigenvalue weighted by Crippen LogP contribution is 2.44. The summed E-state index contributed by atoms with van der Waals surface area (Å²) in [5.41, 5.74) is -1.99. The van der Waals surface area contributed by atoms with Gasteiger partial charge in [0.15, 0.2) is 22.2 Å². The first kappa shape index (κ1) is 44.9. The zero-order valence-electron chi connectivity index (χ0n) is 34.9. The second kappa shape index (κ2) is 18.7. The number of ether oxygens (including phenoxy) is 6. The van der Waals surface area contributed by atoms with E-state index in [1.807, 2.05) is 54.6 Å². The fourth-order valence-electron chi connectivity index (χ4n) is 8.23. The predicted octanol–water partition coefficient (Wildman–Crippen LogP) is 2.32. The number of hydrogen-bond donors (Lipinski definition) is 3. The lowest BCUT2D eigenvalue weighted by atomic mass is 9.80. The zero-order chi connectivity index (χ0) is 45.1. The number of benzene rings is 3. The molecule has 19 heteroatoms. The Morgan fingerprint density at radius 2 is 1.43 bits per heavy atom. The Bertz CT molecular complexity index is 2700. The molecule has 2 aromatic heterocycles. The van der Waals surface area contributed by atoms with Crippen molar-refractivity contribution in [2.24, 2.45) is 5.92 Å². The number of methoxy groups -OCH3 is 2. The van der Waals surface area contributed by atoms with E-state index in [1.165, 1.54) is 19.3 Å². The number of carbonyl (C=O) groups is 1.